The SMILES string of the molecule is CCC(C)(NP=O)C(=O)OC(C)C. The van der Waals surface area contributed by atoms with E-state index in [4.69, 9.17) is 4.74 Å². The van der Waals surface area contributed by atoms with Gasteiger partial charge in [0.1, 0.15) is 5.54 Å². The standard InChI is InChI=1S/C8H16NO3P/c1-5-8(4,9-13-11)7(10)12-6(2)3/h6H,5H2,1-4H3,(H,9,11). The predicted molar refractivity (Wildman–Crippen MR) is 50.7 cm³/mol. The number of hydrogen-bond donors (Lipinski definition) is 1. The lowest BCUT2D eigenvalue weighted by Gasteiger charge is -2.24. The van der Waals surface area contributed by atoms with Crippen LogP contribution in [0.25, 0.3) is 0 Å². The molecule has 4 nitrogen and oxygen atoms in total. The molecule has 1 N–H and O–H groups in total. The molecule has 0 saturated carbocycles. The Kier molecular flexibility index (Phi) is 5.11. The topological polar surface area (TPSA) is 55.4 Å². The van der Waals surface area contributed by atoms with Crippen LogP contribution in [0.5, 0.6) is 0 Å². The van der Waals surface area contributed by atoms with E-state index in [1.165, 1.54) is 0 Å². The minimum absolute atomic E-state index is 0.150. The second kappa shape index (κ2) is 5.30. The molecule has 13 heavy (non-hydrogen) atoms. The molecule has 0 amide bonds. The average molecular weight is 205 g/mol. The van der Waals surface area contributed by atoms with E-state index in [1.54, 1.807) is 20.8 Å². The summed E-state index contributed by atoms with van der Waals surface area (Å²) < 4.78 is 15.4. The van der Waals surface area contributed by atoms with Gasteiger partial charge in [0, 0.05) is 0 Å². The van der Waals surface area contributed by atoms with E-state index < -0.39 is 5.54 Å². The Labute approximate surface area is 80.3 Å². The van der Waals surface area contributed by atoms with Crippen molar-refractivity contribution in [3.05, 3.63) is 0 Å². The van der Waals surface area contributed by atoms with Crippen LogP contribution in [0.2, 0.25) is 0 Å². The van der Waals surface area contributed by atoms with Crippen molar-refractivity contribution in [3.8, 4) is 0 Å². The van der Waals surface area contributed by atoms with Crippen molar-refractivity contribution in [2.24, 2.45) is 0 Å². The van der Waals surface area contributed by atoms with Gasteiger partial charge in [-0.1, -0.05) is 6.92 Å². The van der Waals surface area contributed by atoms with E-state index in [2.05, 4.69) is 5.09 Å². The molecule has 0 aliphatic heterocycles. The largest absolute Gasteiger partial charge is 0.462 e. The second-order valence-electron chi connectivity index (χ2n) is 3.34. The normalized spacial score (nSPS) is 15.8. The van der Waals surface area contributed by atoms with Gasteiger partial charge in [-0.3, -0.25) is 9.36 Å². The quantitative estimate of drug-likeness (QED) is 0.550. The average Bonchev–Trinajstić information content (AvgIpc) is 2.03. The number of hydrogen-bond acceptors (Lipinski definition) is 3. The molecular weight excluding hydrogens is 189 g/mol. The molecule has 0 radical (unpaired) electrons. The molecule has 0 bridgehead atoms. The summed E-state index contributed by atoms with van der Waals surface area (Å²) in [7, 11) is -0.254. The molecule has 5 heteroatoms. The van der Waals surface area contributed by atoms with Gasteiger partial charge in [-0.25, -0.2) is 5.09 Å². The summed E-state index contributed by atoms with van der Waals surface area (Å²) in [5.41, 5.74) is -0.854. The summed E-state index contributed by atoms with van der Waals surface area (Å²) in [5, 5.41) is 2.56. The molecule has 0 aromatic carbocycles. The number of rotatable bonds is 5. The predicted octanol–water partition coefficient (Wildman–Crippen LogP) is 1.90. The van der Waals surface area contributed by atoms with Crippen molar-refractivity contribution in [2.75, 3.05) is 0 Å². The Morgan fingerprint density at radius 3 is 2.46 bits per heavy atom. The summed E-state index contributed by atoms with van der Waals surface area (Å²) >= 11 is 0. The minimum Gasteiger partial charge on any atom is -0.462 e. The number of esters is 1. The molecule has 0 saturated heterocycles. The summed E-state index contributed by atoms with van der Waals surface area (Å²) in [6.07, 6.45) is 0.386. The van der Waals surface area contributed by atoms with Gasteiger partial charge in [-0.15, -0.1) is 0 Å². The highest BCUT2D eigenvalue weighted by atomic mass is 31.1. The third-order valence-electron chi connectivity index (χ3n) is 1.79. The lowest BCUT2D eigenvalue weighted by molar-refractivity contribution is -0.154. The maximum absolute atomic E-state index is 11.5. The van der Waals surface area contributed by atoms with Gasteiger partial charge in [0.2, 0.25) is 8.61 Å². The lowest BCUT2D eigenvalue weighted by atomic mass is 10.0. The van der Waals surface area contributed by atoms with Crippen LogP contribution in [0.15, 0.2) is 0 Å². The molecule has 1 unspecified atom stereocenters. The highest BCUT2D eigenvalue weighted by molar-refractivity contribution is 7.21. The Bertz CT molecular complexity index is 196. The zero-order chi connectivity index (χ0) is 10.5. The van der Waals surface area contributed by atoms with Gasteiger partial charge < -0.3 is 4.74 Å². The summed E-state index contributed by atoms with van der Waals surface area (Å²) in [6, 6.07) is 0. The summed E-state index contributed by atoms with van der Waals surface area (Å²) in [6.45, 7) is 7.06. The van der Waals surface area contributed by atoms with Gasteiger partial charge >= 0.3 is 5.97 Å². The van der Waals surface area contributed by atoms with Crippen LogP contribution in [0.4, 0.5) is 0 Å². The summed E-state index contributed by atoms with van der Waals surface area (Å²) in [4.78, 5) is 11.5. The molecule has 1 atom stereocenters. The Morgan fingerprint density at radius 2 is 2.15 bits per heavy atom. The minimum atomic E-state index is -0.854. The maximum Gasteiger partial charge on any atom is 0.326 e. The van der Waals surface area contributed by atoms with Crippen LogP contribution in [0.1, 0.15) is 34.1 Å². The highest BCUT2D eigenvalue weighted by Gasteiger charge is 2.33. The third-order valence-corrected chi connectivity index (χ3v) is 2.38. The first-order chi connectivity index (χ1) is 5.96. The highest BCUT2D eigenvalue weighted by Crippen LogP contribution is 2.15. The van der Waals surface area contributed by atoms with Crippen molar-refractivity contribution in [1.29, 1.82) is 0 Å². The van der Waals surface area contributed by atoms with Crippen molar-refractivity contribution < 1.29 is 14.1 Å². The molecule has 76 valence electrons. The van der Waals surface area contributed by atoms with Crippen LogP contribution in [0, 0.1) is 0 Å². The third kappa shape index (κ3) is 3.83. The van der Waals surface area contributed by atoms with E-state index in [9.17, 15) is 9.36 Å². The molecule has 0 aromatic rings. The fourth-order valence-electron chi connectivity index (χ4n) is 0.714. The molecule has 0 spiro atoms. The van der Waals surface area contributed by atoms with Gasteiger partial charge in [0.25, 0.3) is 0 Å². The molecule has 0 fully saturated rings. The van der Waals surface area contributed by atoms with E-state index in [0.717, 1.165) is 0 Å². The second-order valence-corrected chi connectivity index (χ2v) is 3.75. The van der Waals surface area contributed by atoms with Crippen molar-refractivity contribution in [1.82, 2.24) is 5.09 Å². The van der Waals surface area contributed by atoms with E-state index in [-0.39, 0.29) is 20.7 Å². The molecule has 0 heterocycles. The fourth-order valence-corrected chi connectivity index (χ4v) is 1.16. The van der Waals surface area contributed by atoms with Crippen LogP contribution in [-0.4, -0.2) is 17.6 Å². The molecule has 0 aliphatic rings. The first-order valence-electron chi connectivity index (χ1n) is 4.27. The zero-order valence-electron chi connectivity index (χ0n) is 8.46. The molecule has 0 rings (SSSR count). The van der Waals surface area contributed by atoms with Crippen LogP contribution in [0.3, 0.4) is 0 Å². The molecular formula is C8H16NO3P. The van der Waals surface area contributed by atoms with Gasteiger partial charge in [0.15, 0.2) is 0 Å². The zero-order valence-corrected chi connectivity index (χ0v) is 9.35. The smallest absolute Gasteiger partial charge is 0.326 e. The van der Waals surface area contributed by atoms with Crippen LogP contribution >= 0.6 is 8.61 Å². The van der Waals surface area contributed by atoms with Crippen molar-refractivity contribution in [2.45, 2.75) is 45.8 Å². The first kappa shape index (κ1) is 12.5. The number of ether oxygens (including phenoxy) is 1. The number of carbonyl (C=O) groups is 1. The number of carbonyl (C=O) groups excluding carboxylic acids is 1. The Hall–Kier alpha value is -0.470. The summed E-state index contributed by atoms with van der Waals surface area (Å²) in [5.74, 6) is -0.367. The van der Waals surface area contributed by atoms with Gasteiger partial charge in [0.05, 0.1) is 6.10 Å². The van der Waals surface area contributed by atoms with E-state index in [1.807, 2.05) is 6.92 Å². The molecule has 0 aliphatic carbocycles. The van der Waals surface area contributed by atoms with E-state index in [0.29, 0.717) is 6.42 Å². The maximum atomic E-state index is 11.5. The van der Waals surface area contributed by atoms with E-state index >= 15 is 0 Å². The molecule has 0 aromatic heterocycles. The van der Waals surface area contributed by atoms with Crippen molar-refractivity contribution >= 4 is 14.6 Å². The van der Waals surface area contributed by atoms with Crippen LogP contribution < -0.4 is 5.09 Å². The Balaban J connectivity index is 4.37. The fraction of sp³-hybridized carbons (Fsp3) is 0.875. The van der Waals surface area contributed by atoms with Crippen LogP contribution in [-0.2, 0) is 14.1 Å². The lowest BCUT2D eigenvalue weighted by Crippen LogP contribution is -2.46. The monoisotopic (exact) mass is 205 g/mol. The Morgan fingerprint density at radius 1 is 1.62 bits per heavy atom. The first-order valence-corrected chi connectivity index (χ1v) is 5.08. The number of nitrogens with one attached hydrogen (secondary N) is 1. The van der Waals surface area contributed by atoms with Gasteiger partial charge in [-0.2, -0.15) is 0 Å². The van der Waals surface area contributed by atoms with Crippen molar-refractivity contribution in [3.63, 3.8) is 0 Å². The van der Waals surface area contributed by atoms with Gasteiger partial charge in [-0.05, 0) is 27.2 Å².